The number of hydrogen-bond donors (Lipinski definition) is 0. The lowest BCUT2D eigenvalue weighted by Gasteiger charge is -2.58. The molecular weight excluding hydrogens is 487 g/mol. The van der Waals surface area contributed by atoms with Crippen molar-refractivity contribution in [3.05, 3.63) is 11.6 Å². The molecule has 9 atom stereocenters. The standard InChI is InChI=1S/C33H57N2O2P/c1-7-25(23(2)3)9-8-24(4)29-12-13-30-28-11-10-26-22-27(37-38(36,34-18-19-34)35-20-21-35)14-16-32(26,5)31(28)15-17-33(29,30)6/h10,23-25,27-31H,7-9,11-22H2,1-6H3/t24-,25-,27+,28+,29-,30+,31+,32+,33-/m1/s1. The van der Waals surface area contributed by atoms with Gasteiger partial charge in [0.25, 0.3) is 0 Å². The Morgan fingerprint density at radius 1 is 0.974 bits per heavy atom. The van der Waals surface area contributed by atoms with Gasteiger partial charge in [-0.25, -0.2) is 9.34 Å². The van der Waals surface area contributed by atoms with Gasteiger partial charge in [-0.3, -0.25) is 4.57 Å². The zero-order valence-corrected chi connectivity index (χ0v) is 26.4. The summed E-state index contributed by atoms with van der Waals surface area (Å²) >= 11 is 0. The van der Waals surface area contributed by atoms with E-state index in [1.165, 1.54) is 57.8 Å². The van der Waals surface area contributed by atoms with Crippen molar-refractivity contribution in [3.8, 4) is 0 Å². The summed E-state index contributed by atoms with van der Waals surface area (Å²) in [7, 11) is -2.73. The fourth-order valence-corrected chi connectivity index (χ4v) is 12.9. The Morgan fingerprint density at radius 2 is 1.68 bits per heavy atom. The second-order valence-electron chi connectivity index (χ2n) is 15.3. The van der Waals surface area contributed by atoms with Crippen LogP contribution in [0.15, 0.2) is 11.6 Å². The maximum absolute atomic E-state index is 13.7. The minimum absolute atomic E-state index is 0.140. The highest BCUT2D eigenvalue weighted by Crippen LogP contribution is 2.68. The first-order valence-corrected chi connectivity index (χ1v) is 18.1. The zero-order chi connectivity index (χ0) is 26.9. The van der Waals surface area contributed by atoms with Crippen LogP contribution in [0.1, 0.15) is 112 Å². The molecule has 2 aliphatic heterocycles. The molecule has 0 amide bonds. The van der Waals surface area contributed by atoms with E-state index in [2.05, 4.69) is 57.0 Å². The maximum atomic E-state index is 13.7. The molecule has 0 spiro atoms. The van der Waals surface area contributed by atoms with Crippen LogP contribution in [0, 0.1) is 52.3 Å². The molecule has 4 aliphatic carbocycles. The molecule has 0 unspecified atom stereocenters. The number of allylic oxidation sites excluding steroid dienone is 1. The summed E-state index contributed by atoms with van der Waals surface area (Å²) in [5, 5.41) is 0. The van der Waals surface area contributed by atoms with Crippen molar-refractivity contribution < 1.29 is 9.09 Å². The van der Waals surface area contributed by atoms with Crippen LogP contribution in [-0.2, 0) is 9.09 Å². The molecule has 5 fully saturated rings. The molecule has 5 heteroatoms. The Kier molecular flexibility index (Phi) is 7.58. The van der Waals surface area contributed by atoms with E-state index in [9.17, 15) is 4.57 Å². The van der Waals surface area contributed by atoms with Crippen LogP contribution in [0.4, 0.5) is 0 Å². The largest absolute Gasteiger partial charge is 0.346 e. The van der Waals surface area contributed by atoms with Crippen molar-refractivity contribution in [3.63, 3.8) is 0 Å². The average molecular weight is 545 g/mol. The minimum atomic E-state index is -2.73. The average Bonchev–Trinajstić information content (AvgIpc) is 3.79. The van der Waals surface area contributed by atoms with Gasteiger partial charge in [0.15, 0.2) is 0 Å². The molecule has 4 nitrogen and oxygen atoms in total. The maximum Gasteiger partial charge on any atom is 0.346 e. The SMILES string of the molecule is CC[C@H](CC[C@@H](C)[C@H]1CC[C@H]2[C@@H]3CC=C4C[C@@H](OP(=O)(N5CC5)N5CC5)CC[C@]4(C)[C@H]3CC[C@]12C)C(C)C. The van der Waals surface area contributed by atoms with E-state index in [4.69, 9.17) is 4.52 Å². The van der Waals surface area contributed by atoms with Gasteiger partial charge < -0.3 is 4.52 Å². The first-order chi connectivity index (χ1) is 18.1. The molecule has 6 rings (SSSR count). The van der Waals surface area contributed by atoms with E-state index in [-0.39, 0.29) is 6.10 Å². The number of nitrogens with zero attached hydrogens (tertiary/aromatic N) is 2. The summed E-state index contributed by atoms with van der Waals surface area (Å²) in [6, 6.07) is 0. The Labute approximate surface area is 234 Å². The lowest BCUT2D eigenvalue weighted by Crippen LogP contribution is -2.51. The quantitative estimate of drug-likeness (QED) is 0.156. The van der Waals surface area contributed by atoms with E-state index < -0.39 is 7.67 Å². The van der Waals surface area contributed by atoms with Gasteiger partial charge in [0.1, 0.15) is 0 Å². The van der Waals surface area contributed by atoms with Crippen molar-refractivity contribution in [2.75, 3.05) is 26.2 Å². The zero-order valence-electron chi connectivity index (χ0n) is 25.5. The van der Waals surface area contributed by atoms with Gasteiger partial charge >= 0.3 is 7.67 Å². The van der Waals surface area contributed by atoms with Crippen molar-refractivity contribution in [2.24, 2.45) is 52.3 Å². The smallest absolute Gasteiger partial charge is 0.302 e. The summed E-state index contributed by atoms with van der Waals surface area (Å²) in [6.45, 7) is 18.9. The predicted molar refractivity (Wildman–Crippen MR) is 158 cm³/mol. The molecular formula is C33H57N2O2P. The third-order valence-electron chi connectivity index (χ3n) is 13.1. The first kappa shape index (κ1) is 28.0. The fourth-order valence-electron chi connectivity index (χ4n) is 10.5. The van der Waals surface area contributed by atoms with Gasteiger partial charge in [0, 0.05) is 26.2 Å². The summed E-state index contributed by atoms with van der Waals surface area (Å²) in [4.78, 5) is 0. The van der Waals surface area contributed by atoms with Crippen LogP contribution >= 0.6 is 7.67 Å². The van der Waals surface area contributed by atoms with E-state index in [1.54, 1.807) is 5.57 Å². The normalized spacial score (nSPS) is 42.7. The molecule has 6 aliphatic rings. The van der Waals surface area contributed by atoms with Crippen molar-refractivity contribution in [2.45, 2.75) is 118 Å². The third kappa shape index (κ3) is 4.74. The topological polar surface area (TPSA) is 32.3 Å². The summed E-state index contributed by atoms with van der Waals surface area (Å²) in [5.41, 5.74) is 2.54. The molecule has 0 aromatic heterocycles. The van der Waals surface area contributed by atoms with Gasteiger partial charge in [0.2, 0.25) is 0 Å². The van der Waals surface area contributed by atoms with E-state index in [1.807, 2.05) is 0 Å². The van der Waals surface area contributed by atoms with Gasteiger partial charge in [-0.1, -0.05) is 66.0 Å². The second kappa shape index (κ2) is 10.3. The Morgan fingerprint density at radius 3 is 2.32 bits per heavy atom. The van der Waals surface area contributed by atoms with E-state index in [0.29, 0.717) is 10.8 Å². The number of rotatable bonds is 10. The van der Waals surface area contributed by atoms with Crippen molar-refractivity contribution >= 4 is 7.67 Å². The third-order valence-corrected chi connectivity index (χ3v) is 15.9. The summed E-state index contributed by atoms with van der Waals surface area (Å²) in [5.74, 6) is 6.13. The predicted octanol–water partition coefficient (Wildman–Crippen LogP) is 8.79. The van der Waals surface area contributed by atoms with Crippen LogP contribution < -0.4 is 0 Å². The molecule has 0 N–H and O–H groups in total. The van der Waals surface area contributed by atoms with Gasteiger partial charge in [0.05, 0.1) is 6.10 Å². The van der Waals surface area contributed by atoms with Crippen LogP contribution in [0.25, 0.3) is 0 Å². The van der Waals surface area contributed by atoms with Crippen molar-refractivity contribution in [1.29, 1.82) is 0 Å². The summed E-state index contributed by atoms with van der Waals surface area (Å²) in [6.07, 6.45) is 17.4. The van der Waals surface area contributed by atoms with E-state index >= 15 is 0 Å². The Hall–Kier alpha value is -0.150. The van der Waals surface area contributed by atoms with Gasteiger partial charge in [-0.15, -0.1) is 0 Å². The molecule has 0 bridgehead atoms. The van der Waals surface area contributed by atoms with Crippen LogP contribution in [-0.4, -0.2) is 41.6 Å². The van der Waals surface area contributed by atoms with Crippen LogP contribution in [0.3, 0.4) is 0 Å². The monoisotopic (exact) mass is 544 g/mol. The highest BCUT2D eigenvalue weighted by molar-refractivity contribution is 7.54. The lowest BCUT2D eigenvalue weighted by molar-refractivity contribution is -0.0564. The Balaban J connectivity index is 1.13. The molecule has 0 aromatic carbocycles. The minimum Gasteiger partial charge on any atom is -0.302 e. The second-order valence-corrected chi connectivity index (χ2v) is 17.6. The van der Waals surface area contributed by atoms with Crippen LogP contribution in [0.5, 0.6) is 0 Å². The van der Waals surface area contributed by atoms with Gasteiger partial charge in [-0.2, -0.15) is 0 Å². The Bertz CT molecular complexity index is 941. The summed E-state index contributed by atoms with van der Waals surface area (Å²) < 4.78 is 24.3. The lowest BCUT2D eigenvalue weighted by atomic mass is 9.47. The molecule has 2 saturated heterocycles. The molecule has 0 radical (unpaired) electrons. The fraction of sp³-hybridized carbons (Fsp3) is 0.939. The first-order valence-electron chi connectivity index (χ1n) is 16.6. The van der Waals surface area contributed by atoms with Gasteiger partial charge in [-0.05, 0) is 110 Å². The molecule has 2 heterocycles. The highest BCUT2D eigenvalue weighted by atomic mass is 31.2. The molecule has 216 valence electrons. The van der Waals surface area contributed by atoms with Crippen molar-refractivity contribution in [1.82, 2.24) is 9.34 Å². The molecule has 38 heavy (non-hydrogen) atoms. The molecule has 3 saturated carbocycles. The number of hydrogen-bond acceptors (Lipinski definition) is 2. The highest BCUT2D eigenvalue weighted by Gasteiger charge is 2.60. The van der Waals surface area contributed by atoms with Crippen LogP contribution in [0.2, 0.25) is 0 Å². The van der Waals surface area contributed by atoms with E-state index in [0.717, 1.165) is 80.4 Å². The number of fused-ring (bicyclic) bond motifs is 5. The molecule has 0 aromatic rings.